The van der Waals surface area contributed by atoms with Gasteiger partial charge in [-0.2, -0.15) is 17.7 Å². The Labute approximate surface area is 204 Å². The van der Waals surface area contributed by atoms with Crippen molar-refractivity contribution in [2.24, 2.45) is 5.92 Å². The molecule has 1 fully saturated rings. The second kappa shape index (κ2) is 8.36. The number of halogens is 3. The molecule has 0 aliphatic heterocycles. The molecule has 0 atom stereocenters. The van der Waals surface area contributed by atoms with Crippen LogP contribution in [0.25, 0.3) is 39.2 Å². The fourth-order valence-electron chi connectivity index (χ4n) is 5.42. The maximum absolute atomic E-state index is 14.1. The zero-order valence-electron chi connectivity index (χ0n) is 19.6. The highest BCUT2D eigenvalue weighted by Crippen LogP contribution is 2.39. The number of aromatic amines is 1. The van der Waals surface area contributed by atoms with Crippen LogP contribution in [0.5, 0.6) is 0 Å². The van der Waals surface area contributed by atoms with Gasteiger partial charge in [0, 0.05) is 6.54 Å². The van der Waals surface area contributed by atoms with Crippen molar-refractivity contribution in [1.29, 1.82) is 0 Å². The first-order valence-electron chi connectivity index (χ1n) is 12.1. The van der Waals surface area contributed by atoms with Crippen molar-refractivity contribution in [2.75, 3.05) is 0 Å². The Bertz CT molecular complexity index is 1640. The molecular formula is C27H24F3N5O. The van der Waals surface area contributed by atoms with E-state index in [1.54, 1.807) is 37.3 Å². The van der Waals surface area contributed by atoms with Gasteiger partial charge in [-0.15, -0.1) is 0 Å². The van der Waals surface area contributed by atoms with Gasteiger partial charge in [0.05, 0.1) is 22.3 Å². The van der Waals surface area contributed by atoms with Crippen molar-refractivity contribution in [3.63, 3.8) is 0 Å². The highest BCUT2D eigenvalue weighted by molar-refractivity contribution is 5.83. The molecule has 2 aromatic carbocycles. The highest BCUT2D eigenvalue weighted by Gasteiger charge is 2.38. The molecule has 3 heterocycles. The number of fused-ring (bicyclic) bond motifs is 2. The highest BCUT2D eigenvalue weighted by atomic mass is 19.4. The van der Waals surface area contributed by atoms with E-state index in [9.17, 15) is 18.0 Å². The molecule has 0 saturated heterocycles. The number of nitrogens with zero attached hydrogens (tertiary/aromatic N) is 4. The van der Waals surface area contributed by atoms with E-state index < -0.39 is 17.4 Å². The molecular weight excluding hydrogens is 467 g/mol. The normalized spacial score (nSPS) is 14.9. The van der Waals surface area contributed by atoms with E-state index >= 15 is 0 Å². The quantitative estimate of drug-likeness (QED) is 0.324. The molecule has 1 saturated carbocycles. The van der Waals surface area contributed by atoms with Crippen LogP contribution >= 0.6 is 0 Å². The van der Waals surface area contributed by atoms with Crippen LogP contribution in [0.1, 0.15) is 37.1 Å². The van der Waals surface area contributed by atoms with Gasteiger partial charge in [0.2, 0.25) is 0 Å². The number of para-hydroxylation sites is 2. The van der Waals surface area contributed by atoms with E-state index in [0.29, 0.717) is 29.5 Å². The van der Waals surface area contributed by atoms with Crippen LogP contribution in [-0.4, -0.2) is 24.1 Å². The number of hydrogen-bond acceptors (Lipinski definition) is 3. The summed E-state index contributed by atoms with van der Waals surface area (Å²) in [7, 11) is 0. The first-order valence-corrected chi connectivity index (χ1v) is 12.1. The average molecular weight is 492 g/mol. The number of aryl methyl sites for hydroxylation is 1. The molecule has 0 unspecified atom stereocenters. The Morgan fingerprint density at radius 1 is 0.972 bits per heavy atom. The minimum atomic E-state index is -4.70. The summed E-state index contributed by atoms with van der Waals surface area (Å²) in [6.07, 6.45) is -0.144. The van der Waals surface area contributed by atoms with Gasteiger partial charge in [-0.25, -0.2) is 9.97 Å². The Morgan fingerprint density at radius 2 is 1.67 bits per heavy atom. The van der Waals surface area contributed by atoms with Crippen LogP contribution in [0.3, 0.4) is 0 Å². The third-order valence-electron chi connectivity index (χ3n) is 7.10. The summed E-state index contributed by atoms with van der Waals surface area (Å²) in [6, 6.07) is 15.8. The maximum Gasteiger partial charge on any atom is 0.433 e. The van der Waals surface area contributed by atoms with Crippen molar-refractivity contribution in [3.8, 4) is 22.5 Å². The lowest BCUT2D eigenvalue weighted by molar-refractivity contribution is -0.140. The van der Waals surface area contributed by atoms with Crippen LogP contribution in [-0.2, 0) is 12.7 Å². The Balaban J connectivity index is 1.62. The fourth-order valence-corrected chi connectivity index (χ4v) is 5.42. The summed E-state index contributed by atoms with van der Waals surface area (Å²) < 4.78 is 45.2. The SMILES string of the molecule is Cc1nc2c(-c3ccccc3)c(C(F)(F)F)[nH]n2c(=O)c1-c1nc2ccccc2n1CC1CCCC1. The molecule has 6 nitrogen and oxygen atoms in total. The van der Waals surface area contributed by atoms with E-state index in [1.165, 1.54) is 12.8 Å². The first-order chi connectivity index (χ1) is 17.3. The molecule has 0 amide bonds. The van der Waals surface area contributed by atoms with E-state index in [0.717, 1.165) is 28.4 Å². The number of rotatable bonds is 4. The van der Waals surface area contributed by atoms with Gasteiger partial charge in [-0.05, 0) is 43.4 Å². The maximum atomic E-state index is 14.1. The van der Waals surface area contributed by atoms with Crippen LogP contribution in [0.4, 0.5) is 13.2 Å². The predicted octanol–water partition coefficient (Wildman–Crippen LogP) is 6.22. The van der Waals surface area contributed by atoms with Crippen molar-refractivity contribution in [1.82, 2.24) is 24.1 Å². The summed E-state index contributed by atoms with van der Waals surface area (Å²) in [5.41, 5.74) is 0.702. The molecule has 1 aliphatic rings. The van der Waals surface area contributed by atoms with Gasteiger partial charge in [0.15, 0.2) is 5.65 Å². The standard InChI is InChI=1S/C27H24F3N5O/c1-16-21(24-32-19-13-7-8-14-20(19)34(24)15-17-9-5-6-10-17)26(36)35-25(31-16)22(18-11-3-2-4-12-18)23(33-35)27(28,29)30/h2-4,7-8,11-14,17,33H,5-6,9-10,15H2,1H3. The molecule has 0 bridgehead atoms. The number of alkyl halides is 3. The van der Waals surface area contributed by atoms with Crippen molar-refractivity contribution < 1.29 is 13.2 Å². The summed E-state index contributed by atoms with van der Waals surface area (Å²) in [4.78, 5) is 23.1. The van der Waals surface area contributed by atoms with Crippen molar-refractivity contribution in [2.45, 2.75) is 45.3 Å². The molecule has 1 aliphatic carbocycles. The summed E-state index contributed by atoms with van der Waals surface area (Å²) in [5.74, 6) is 0.907. The van der Waals surface area contributed by atoms with Crippen LogP contribution in [0.15, 0.2) is 59.4 Å². The zero-order chi connectivity index (χ0) is 25.0. The molecule has 0 spiro atoms. The molecule has 6 rings (SSSR count). The molecule has 0 radical (unpaired) electrons. The van der Waals surface area contributed by atoms with E-state index in [2.05, 4.69) is 10.1 Å². The molecule has 9 heteroatoms. The monoisotopic (exact) mass is 491 g/mol. The lowest BCUT2D eigenvalue weighted by atomic mass is 10.1. The van der Waals surface area contributed by atoms with Gasteiger partial charge >= 0.3 is 6.18 Å². The van der Waals surface area contributed by atoms with Crippen molar-refractivity contribution in [3.05, 3.63) is 76.3 Å². The number of H-pyrrole nitrogens is 1. The Kier molecular flexibility index (Phi) is 5.24. The lowest BCUT2D eigenvalue weighted by Gasteiger charge is -2.15. The van der Waals surface area contributed by atoms with Crippen LogP contribution in [0, 0.1) is 12.8 Å². The molecule has 36 heavy (non-hydrogen) atoms. The third-order valence-corrected chi connectivity index (χ3v) is 7.10. The van der Waals surface area contributed by atoms with E-state index in [-0.39, 0.29) is 16.8 Å². The first kappa shape index (κ1) is 22.6. The predicted molar refractivity (Wildman–Crippen MR) is 132 cm³/mol. The second-order valence-electron chi connectivity index (χ2n) is 9.45. The number of imidazole rings is 1. The zero-order valence-corrected chi connectivity index (χ0v) is 19.6. The largest absolute Gasteiger partial charge is 0.433 e. The lowest BCUT2D eigenvalue weighted by Crippen LogP contribution is -2.22. The molecule has 5 aromatic rings. The molecule has 184 valence electrons. The summed E-state index contributed by atoms with van der Waals surface area (Å²) in [5, 5.41) is 2.31. The van der Waals surface area contributed by atoms with Gasteiger partial charge in [0.25, 0.3) is 5.56 Å². The second-order valence-corrected chi connectivity index (χ2v) is 9.45. The fraction of sp³-hybridized carbons (Fsp3) is 0.296. The third kappa shape index (κ3) is 3.61. The van der Waals surface area contributed by atoms with Gasteiger partial charge < -0.3 is 4.57 Å². The topological polar surface area (TPSA) is 68.0 Å². The van der Waals surface area contributed by atoms with E-state index in [1.807, 2.05) is 28.8 Å². The number of hydrogen-bond donors (Lipinski definition) is 1. The average Bonchev–Trinajstić information content (AvgIpc) is 3.58. The van der Waals surface area contributed by atoms with Gasteiger partial charge in [0.1, 0.15) is 17.1 Å². The Morgan fingerprint density at radius 3 is 2.39 bits per heavy atom. The van der Waals surface area contributed by atoms with Crippen molar-refractivity contribution >= 4 is 16.7 Å². The smallest absolute Gasteiger partial charge is 0.323 e. The summed E-state index contributed by atoms with van der Waals surface area (Å²) >= 11 is 0. The van der Waals surface area contributed by atoms with Crippen LogP contribution < -0.4 is 5.56 Å². The molecule has 1 N–H and O–H groups in total. The summed E-state index contributed by atoms with van der Waals surface area (Å²) in [6.45, 7) is 2.36. The van der Waals surface area contributed by atoms with Crippen LogP contribution in [0.2, 0.25) is 0 Å². The minimum Gasteiger partial charge on any atom is -0.323 e. The van der Waals surface area contributed by atoms with Gasteiger partial charge in [-0.1, -0.05) is 55.3 Å². The number of nitrogens with one attached hydrogen (secondary N) is 1. The van der Waals surface area contributed by atoms with Gasteiger partial charge in [-0.3, -0.25) is 9.89 Å². The molecule has 3 aromatic heterocycles. The van der Waals surface area contributed by atoms with E-state index in [4.69, 9.17) is 4.98 Å². The Hall–Kier alpha value is -3.88. The number of aromatic nitrogens is 5. The number of benzene rings is 2. The minimum absolute atomic E-state index is 0.0572.